The lowest BCUT2D eigenvalue weighted by Gasteiger charge is -2.20. The van der Waals surface area contributed by atoms with E-state index < -0.39 is 10.0 Å². The zero-order chi connectivity index (χ0) is 15.5. The van der Waals surface area contributed by atoms with Gasteiger partial charge in [0.1, 0.15) is 0 Å². The summed E-state index contributed by atoms with van der Waals surface area (Å²) in [5.41, 5.74) is 6.39. The third-order valence-corrected chi connectivity index (χ3v) is 5.38. The van der Waals surface area contributed by atoms with Gasteiger partial charge in [-0.15, -0.1) is 0 Å². The molecule has 2 rings (SSSR count). The monoisotopic (exact) mass is 314 g/mol. The molecule has 2 heterocycles. The highest BCUT2D eigenvalue weighted by Gasteiger charge is 2.20. The van der Waals surface area contributed by atoms with Crippen LogP contribution in [0.15, 0.2) is 17.2 Å². The van der Waals surface area contributed by atoms with Crippen molar-refractivity contribution in [2.24, 2.45) is 18.7 Å². The molecule has 1 aliphatic heterocycles. The van der Waals surface area contributed by atoms with Crippen LogP contribution in [0.1, 0.15) is 25.5 Å². The molecule has 6 nitrogen and oxygen atoms in total. The van der Waals surface area contributed by atoms with E-state index in [4.69, 9.17) is 5.73 Å². The molecule has 0 bridgehead atoms. The average Bonchev–Trinajstić information content (AvgIpc) is 3.06. The molecule has 1 saturated heterocycles. The van der Waals surface area contributed by atoms with Gasteiger partial charge < -0.3 is 15.2 Å². The number of nitrogens with one attached hydrogen (secondary N) is 1. The molecule has 0 radical (unpaired) electrons. The lowest BCUT2D eigenvalue weighted by molar-refractivity contribution is 0.288. The minimum absolute atomic E-state index is 0.291. The van der Waals surface area contributed by atoms with Gasteiger partial charge in [0.15, 0.2) is 0 Å². The van der Waals surface area contributed by atoms with Gasteiger partial charge >= 0.3 is 0 Å². The van der Waals surface area contributed by atoms with E-state index in [9.17, 15) is 8.42 Å². The predicted octanol–water partition coefficient (Wildman–Crippen LogP) is 0.494. The van der Waals surface area contributed by atoms with Crippen LogP contribution in [0, 0.1) is 5.92 Å². The van der Waals surface area contributed by atoms with Crippen molar-refractivity contribution >= 4 is 10.0 Å². The van der Waals surface area contributed by atoms with E-state index in [1.165, 1.54) is 12.8 Å². The Kier molecular flexibility index (Phi) is 5.43. The SMILES string of the molecule is CC(CNS(=O)(=O)c1cc(CN)n(C)c1)CN1CCCC1. The Bertz CT molecular complexity index is 562. The van der Waals surface area contributed by atoms with E-state index in [1.54, 1.807) is 23.9 Å². The van der Waals surface area contributed by atoms with E-state index >= 15 is 0 Å². The van der Waals surface area contributed by atoms with Gasteiger partial charge in [0, 0.05) is 38.6 Å². The number of hydrogen-bond acceptors (Lipinski definition) is 4. The summed E-state index contributed by atoms with van der Waals surface area (Å²) in [6.07, 6.45) is 4.12. The molecular weight excluding hydrogens is 288 g/mol. The molecule has 0 saturated carbocycles. The number of aryl methyl sites for hydroxylation is 1. The average molecular weight is 314 g/mol. The Morgan fingerprint density at radius 1 is 1.38 bits per heavy atom. The fourth-order valence-electron chi connectivity index (χ4n) is 2.73. The molecule has 1 fully saturated rings. The Labute approximate surface area is 127 Å². The molecule has 0 amide bonds. The normalized spacial score (nSPS) is 18.2. The molecule has 1 aliphatic rings. The van der Waals surface area contributed by atoms with Crippen LogP contribution < -0.4 is 10.5 Å². The van der Waals surface area contributed by atoms with Crippen molar-refractivity contribution in [1.82, 2.24) is 14.2 Å². The molecule has 120 valence electrons. The van der Waals surface area contributed by atoms with Gasteiger partial charge in [0.05, 0.1) is 4.90 Å². The summed E-state index contributed by atoms with van der Waals surface area (Å²) in [6.45, 7) is 6.09. The predicted molar refractivity (Wildman–Crippen MR) is 83.3 cm³/mol. The molecule has 0 aliphatic carbocycles. The molecule has 1 unspecified atom stereocenters. The standard InChI is InChI=1S/C14H26N4O2S/c1-12(10-18-5-3-4-6-18)9-16-21(19,20)14-7-13(8-15)17(2)11-14/h7,11-12,16H,3-6,8-10,15H2,1-2H3. The summed E-state index contributed by atoms with van der Waals surface area (Å²) in [4.78, 5) is 2.69. The van der Waals surface area contributed by atoms with Crippen LogP contribution in [0.2, 0.25) is 0 Å². The second kappa shape index (κ2) is 6.91. The number of likely N-dealkylation sites (tertiary alicyclic amines) is 1. The number of sulfonamides is 1. The third kappa shape index (κ3) is 4.29. The minimum Gasteiger partial charge on any atom is -0.352 e. The summed E-state index contributed by atoms with van der Waals surface area (Å²) < 4.78 is 29.0. The smallest absolute Gasteiger partial charge is 0.242 e. The highest BCUT2D eigenvalue weighted by atomic mass is 32.2. The summed E-state index contributed by atoms with van der Waals surface area (Å²) in [6, 6.07) is 1.63. The first-order valence-electron chi connectivity index (χ1n) is 7.49. The second-order valence-electron chi connectivity index (χ2n) is 5.95. The lowest BCUT2D eigenvalue weighted by Crippen LogP contribution is -2.34. The van der Waals surface area contributed by atoms with Crippen molar-refractivity contribution in [1.29, 1.82) is 0 Å². The summed E-state index contributed by atoms with van der Waals surface area (Å²) in [7, 11) is -1.64. The molecule has 1 aromatic heterocycles. The largest absolute Gasteiger partial charge is 0.352 e. The summed E-state index contributed by atoms with van der Waals surface area (Å²) >= 11 is 0. The Hall–Kier alpha value is -0.890. The van der Waals surface area contributed by atoms with Gasteiger partial charge in [-0.25, -0.2) is 13.1 Å². The first-order chi connectivity index (χ1) is 9.92. The number of aromatic nitrogens is 1. The van der Waals surface area contributed by atoms with Crippen molar-refractivity contribution in [3.05, 3.63) is 18.0 Å². The van der Waals surface area contributed by atoms with Gasteiger partial charge in [0.2, 0.25) is 10.0 Å². The maximum absolute atomic E-state index is 12.3. The topological polar surface area (TPSA) is 80.4 Å². The van der Waals surface area contributed by atoms with Crippen molar-refractivity contribution in [2.75, 3.05) is 26.2 Å². The molecular formula is C14H26N4O2S. The number of nitrogens with two attached hydrogens (primary N) is 1. The molecule has 0 spiro atoms. The van der Waals surface area contributed by atoms with Gasteiger partial charge in [-0.1, -0.05) is 6.92 Å². The van der Waals surface area contributed by atoms with Crippen molar-refractivity contribution in [3.8, 4) is 0 Å². The Balaban J connectivity index is 1.90. The first kappa shape index (κ1) is 16.5. The van der Waals surface area contributed by atoms with E-state index in [0.717, 1.165) is 25.3 Å². The third-order valence-electron chi connectivity index (χ3n) is 3.99. The highest BCUT2D eigenvalue weighted by Crippen LogP contribution is 2.14. The van der Waals surface area contributed by atoms with Crippen LogP contribution in [0.25, 0.3) is 0 Å². The summed E-state index contributed by atoms with van der Waals surface area (Å²) in [5, 5.41) is 0. The summed E-state index contributed by atoms with van der Waals surface area (Å²) in [5.74, 6) is 0.301. The van der Waals surface area contributed by atoms with E-state index in [-0.39, 0.29) is 0 Å². The van der Waals surface area contributed by atoms with Gasteiger partial charge in [-0.05, 0) is 37.9 Å². The zero-order valence-electron chi connectivity index (χ0n) is 12.9. The molecule has 1 atom stereocenters. The fraction of sp³-hybridized carbons (Fsp3) is 0.714. The maximum atomic E-state index is 12.3. The van der Waals surface area contributed by atoms with Gasteiger partial charge in [-0.2, -0.15) is 0 Å². The van der Waals surface area contributed by atoms with Crippen LogP contribution >= 0.6 is 0 Å². The van der Waals surface area contributed by atoms with Crippen molar-refractivity contribution in [2.45, 2.75) is 31.2 Å². The maximum Gasteiger partial charge on any atom is 0.242 e. The molecule has 1 aromatic rings. The fourth-order valence-corrected chi connectivity index (χ4v) is 3.99. The highest BCUT2D eigenvalue weighted by molar-refractivity contribution is 7.89. The van der Waals surface area contributed by atoms with Gasteiger partial charge in [-0.3, -0.25) is 0 Å². The lowest BCUT2D eigenvalue weighted by atomic mass is 10.2. The molecule has 0 aromatic carbocycles. The van der Waals surface area contributed by atoms with Crippen LogP contribution in [0.4, 0.5) is 0 Å². The van der Waals surface area contributed by atoms with Crippen LogP contribution in [-0.4, -0.2) is 44.1 Å². The second-order valence-corrected chi connectivity index (χ2v) is 7.71. The first-order valence-corrected chi connectivity index (χ1v) is 8.98. The van der Waals surface area contributed by atoms with Crippen molar-refractivity contribution in [3.63, 3.8) is 0 Å². The van der Waals surface area contributed by atoms with E-state index in [0.29, 0.717) is 23.9 Å². The van der Waals surface area contributed by atoms with E-state index in [2.05, 4.69) is 16.5 Å². The van der Waals surface area contributed by atoms with Crippen LogP contribution in [-0.2, 0) is 23.6 Å². The molecule has 7 heteroatoms. The minimum atomic E-state index is -3.45. The van der Waals surface area contributed by atoms with Gasteiger partial charge in [0.25, 0.3) is 0 Å². The van der Waals surface area contributed by atoms with Crippen LogP contribution in [0.5, 0.6) is 0 Å². The zero-order valence-corrected chi connectivity index (χ0v) is 13.7. The number of nitrogens with zero attached hydrogens (tertiary/aromatic N) is 2. The van der Waals surface area contributed by atoms with E-state index in [1.807, 2.05) is 0 Å². The molecule has 3 N–H and O–H groups in total. The molecule has 21 heavy (non-hydrogen) atoms. The quantitative estimate of drug-likeness (QED) is 0.768. The van der Waals surface area contributed by atoms with Crippen LogP contribution in [0.3, 0.4) is 0 Å². The Morgan fingerprint density at radius 2 is 2.05 bits per heavy atom. The van der Waals surface area contributed by atoms with Crippen molar-refractivity contribution < 1.29 is 8.42 Å². The Morgan fingerprint density at radius 3 is 2.62 bits per heavy atom. The number of hydrogen-bond donors (Lipinski definition) is 2. The number of rotatable bonds is 7.